The Morgan fingerprint density at radius 2 is 1.95 bits per heavy atom. The van der Waals surface area contributed by atoms with Crippen molar-refractivity contribution in [1.82, 2.24) is 5.10 Å². The van der Waals surface area contributed by atoms with Crippen LogP contribution in [0.5, 0.6) is 11.5 Å². The SMILES string of the molecule is CC[n+]1nc(C)sc1C=Cc1ccc(OC)c(OC)c1. The average molecular weight is 291 g/mol. The highest BCUT2D eigenvalue weighted by atomic mass is 32.1. The Morgan fingerprint density at radius 1 is 1.20 bits per heavy atom. The van der Waals surface area contributed by atoms with Crippen LogP contribution in [0.1, 0.15) is 22.5 Å². The summed E-state index contributed by atoms with van der Waals surface area (Å²) in [5.74, 6) is 1.47. The molecule has 0 bridgehead atoms. The molecule has 0 spiro atoms. The summed E-state index contributed by atoms with van der Waals surface area (Å²) in [5.41, 5.74) is 1.07. The van der Waals surface area contributed by atoms with Crippen LogP contribution in [0.15, 0.2) is 18.2 Å². The second-order valence-electron chi connectivity index (χ2n) is 4.22. The van der Waals surface area contributed by atoms with Crippen LogP contribution in [-0.4, -0.2) is 19.3 Å². The molecular formula is C15H19N2O2S+. The molecule has 4 nitrogen and oxygen atoms in total. The summed E-state index contributed by atoms with van der Waals surface area (Å²) in [6.07, 6.45) is 4.14. The number of hydrogen-bond acceptors (Lipinski definition) is 4. The van der Waals surface area contributed by atoms with Gasteiger partial charge in [0.05, 0.1) is 14.2 Å². The Kier molecular flexibility index (Phi) is 4.74. The first-order valence-electron chi connectivity index (χ1n) is 6.45. The smallest absolute Gasteiger partial charge is 0.289 e. The van der Waals surface area contributed by atoms with Crippen molar-refractivity contribution in [2.45, 2.75) is 20.4 Å². The number of ether oxygens (including phenoxy) is 2. The normalized spacial score (nSPS) is 11.0. The van der Waals surface area contributed by atoms with E-state index in [1.54, 1.807) is 25.6 Å². The van der Waals surface area contributed by atoms with E-state index < -0.39 is 0 Å². The van der Waals surface area contributed by atoms with Crippen LogP contribution >= 0.6 is 11.3 Å². The van der Waals surface area contributed by atoms with Crippen molar-refractivity contribution in [3.05, 3.63) is 33.8 Å². The van der Waals surface area contributed by atoms with Crippen molar-refractivity contribution < 1.29 is 14.2 Å². The number of nitrogens with zero attached hydrogens (tertiary/aromatic N) is 2. The molecule has 1 aromatic heterocycles. The number of hydrogen-bond donors (Lipinski definition) is 0. The molecule has 0 radical (unpaired) electrons. The molecule has 0 aliphatic heterocycles. The van der Waals surface area contributed by atoms with Gasteiger partial charge in [0.15, 0.2) is 23.1 Å². The van der Waals surface area contributed by atoms with Crippen molar-refractivity contribution in [1.29, 1.82) is 0 Å². The van der Waals surface area contributed by atoms with Gasteiger partial charge in [0, 0.05) is 11.2 Å². The van der Waals surface area contributed by atoms with E-state index in [-0.39, 0.29) is 0 Å². The topological polar surface area (TPSA) is 35.2 Å². The van der Waals surface area contributed by atoms with Gasteiger partial charge in [0.1, 0.15) is 0 Å². The largest absolute Gasteiger partial charge is 0.493 e. The first-order chi connectivity index (χ1) is 9.67. The molecule has 0 aliphatic carbocycles. The van der Waals surface area contributed by atoms with Gasteiger partial charge in [-0.05, 0) is 49.0 Å². The Morgan fingerprint density at radius 3 is 2.60 bits per heavy atom. The summed E-state index contributed by atoms with van der Waals surface area (Å²) in [6.45, 7) is 4.98. The summed E-state index contributed by atoms with van der Waals surface area (Å²) in [4.78, 5) is 0. The summed E-state index contributed by atoms with van der Waals surface area (Å²) in [5, 5.41) is 6.65. The van der Waals surface area contributed by atoms with Gasteiger partial charge in [-0.15, -0.1) is 0 Å². The van der Waals surface area contributed by atoms with E-state index in [0.29, 0.717) is 0 Å². The van der Waals surface area contributed by atoms with Crippen molar-refractivity contribution in [3.8, 4) is 11.5 Å². The fourth-order valence-corrected chi connectivity index (χ4v) is 2.77. The molecule has 0 saturated heterocycles. The number of rotatable bonds is 5. The standard InChI is InChI=1S/C15H19N2O2S/c1-5-17-15(20-11(2)16-17)9-7-12-6-8-13(18-3)14(10-12)19-4/h6-10H,5H2,1-4H3/q+1. The van der Waals surface area contributed by atoms with Crippen molar-refractivity contribution in [2.75, 3.05) is 14.2 Å². The van der Waals surface area contributed by atoms with Gasteiger partial charge in [0.2, 0.25) is 0 Å². The zero-order valence-corrected chi connectivity index (χ0v) is 13.0. The second kappa shape index (κ2) is 6.52. The van der Waals surface area contributed by atoms with Gasteiger partial charge >= 0.3 is 0 Å². The highest BCUT2D eigenvalue weighted by molar-refractivity contribution is 7.11. The maximum atomic E-state index is 5.30. The molecule has 0 fully saturated rings. The number of benzene rings is 1. The van der Waals surface area contributed by atoms with E-state index in [9.17, 15) is 0 Å². The van der Waals surface area contributed by atoms with Crippen LogP contribution in [0, 0.1) is 6.92 Å². The average Bonchev–Trinajstić information content (AvgIpc) is 2.84. The molecule has 5 heteroatoms. The van der Waals surface area contributed by atoms with Gasteiger partial charge in [-0.1, -0.05) is 10.7 Å². The molecule has 2 aromatic rings. The maximum Gasteiger partial charge on any atom is 0.289 e. The minimum Gasteiger partial charge on any atom is -0.493 e. The first kappa shape index (κ1) is 14.5. The quantitative estimate of drug-likeness (QED) is 0.795. The Bertz CT molecular complexity index is 620. The molecule has 20 heavy (non-hydrogen) atoms. The summed E-state index contributed by atoms with van der Waals surface area (Å²) in [7, 11) is 3.28. The van der Waals surface area contributed by atoms with Crippen LogP contribution in [0.25, 0.3) is 12.2 Å². The fraction of sp³-hybridized carbons (Fsp3) is 0.333. The van der Waals surface area contributed by atoms with Gasteiger partial charge in [0.25, 0.3) is 5.01 Å². The lowest BCUT2D eigenvalue weighted by atomic mass is 10.2. The molecule has 0 unspecified atom stereocenters. The molecule has 2 rings (SSSR count). The monoisotopic (exact) mass is 291 g/mol. The van der Waals surface area contributed by atoms with Crippen LogP contribution < -0.4 is 14.2 Å². The third kappa shape index (κ3) is 3.17. The Hall–Kier alpha value is -1.88. The summed E-state index contributed by atoms with van der Waals surface area (Å²) >= 11 is 1.68. The minimum atomic E-state index is 0.735. The van der Waals surface area contributed by atoms with Gasteiger partial charge < -0.3 is 9.47 Å². The van der Waals surface area contributed by atoms with Crippen molar-refractivity contribution in [3.63, 3.8) is 0 Å². The third-order valence-corrected chi connectivity index (χ3v) is 3.83. The summed E-state index contributed by atoms with van der Waals surface area (Å²) in [6, 6.07) is 5.87. The number of aryl methyl sites for hydroxylation is 2. The summed E-state index contributed by atoms with van der Waals surface area (Å²) < 4.78 is 12.5. The lowest BCUT2D eigenvalue weighted by Gasteiger charge is -2.07. The van der Waals surface area contributed by atoms with Gasteiger partial charge in [-0.2, -0.15) is 0 Å². The van der Waals surface area contributed by atoms with E-state index in [0.717, 1.165) is 33.6 Å². The molecule has 106 valence electrons. The zero-order valence-electron chi connectivity index (χ0n) is 12.2. The first-order valence-corrected chi connectivity index (χ1v) is 7.27. The van der Waals surface area contributed by atoms with Gasteiger partial charge in [-0.3, -0.25) is 0 Å². The van der Waals surface area contributed by atoms with E-state index in [1.807, 2.05) is 29.8 Å². The Labute approximate surface area is 123 Å². The molecule has 1 heterocycles. The lowest BCUT2D eigenvalue weighted by molar-refractivity contribution is -0.747. The zero-order chi connectivity index (χ0) is 14.5. The second-order valence-corrected chi connectivity index (χ2v) is 5.44. The van der Waals surface area contributed by atoms with Gasteiger partial charge in [-0.25, -0.2) is 0 Å². The lowest BCUT2D eigenvalue weighted by Crippen LogP contribution is -2.36. The predicted molar refractivity (Wildman–Crippen MR) is 81.2 cm³/mol. The predicted octanol–water partition coefficient (Wildman–Crippen LogP) is 2.95. The molecule has 0 atom stereocenters. The molecule has 1 aromatic carbocycles. The molecule has 0 aliphatic rings. The highest BCUT2D eigenvalue weighted by Crippen LogP contribution is 2.28. The maximum absolute atomic E-state index is 5.30. The van der Waals surface area contributed by atoms with Crippen LogP contribution in [0.4, 0.5) is 0 Å². The molecular weight excluding hydrogens is 272 g/mol. The Balaban J connectivity index is 2.27. The molecule has 0 N–H and O–H groups in total. The third-order valence-electron chi connectivity index (χ3n) is 2.89. The van der Waals surface area contributed by atoms with Crippen LogP contribution in [0.3, 0.4) is 0 Å². The van der Waals surface area contributed by atoms with E-state index in [4.69, 9.17) is 9.47 Å². The minimum absolute atomic E-state index is 0.735. The molecule has 0 amide bonds. The molecule has 0 saturated carbocycles. The van der Waals surface area contributed by atoms with Crippen molar-refractivity contribution >= 4 is 23.5 Å². The van der Waals surface area contributed by atoms with E-state index >= 15 is 0 Å². The van der Waals surface area contributed by atoms with Crippen molar-refractivity contribution in [2.24, 2.45) is 0 Å². The van der Waals surface area contributed by atoms with Crippen LogP contribution in [-0.2, 0) is 6.54 Å². The van der Waals surface area contributed by atoms with Crippen LogP contribution in [0.2, 0.25) is 0 Å². The van der Waals surface area contributed by atoms with E-state index in [2.05, 4.69) is 24.2 Å². The fourth-order valence-electron chi connectivity index (χ4n) is 1.91. The van der Waals surface area contributed by atoms with E-state index in [1.165, 1.54) is 0 Å². The number of aromatic nitrogens is 2. The highest BCUT2D eigenvalue weighted by Gasteiger charge is 2.12. The number of methoxy groups -OCH3 is 2.